The fourth-order valence-corrected chi connectivity index (χ4v) is 3.75. The summed E-state index contributed by atoms with van der Waals surface area (Å²) in [6.45, 7) is 0.915. The molecule has 0 amide bonds. The molecule has 164 valence electrons. The Balaban J connectivity index is 2.83. The van der Waals surface area contributed by atoms with Crippen LogP contribution in [0.15, 0.2) is 17.0 Å². The lowest BCUT2D eigenvalue weighted by atomic mass is 10.3. The van der Waals surface area contributed by atoms with Crippen LogP contribution in [0, 0.1) is 11.3 Å². The van der Waals surface area contributed by atoms with Crippen LogP contribution in [0.1, 0.15) is 12.6 Å². The molecule has 0 fully saturated rings. The highest BCUT2D eigenvalue weighted by Crippen LogP contribution is 2.42. The maximum Gasteiger partial charge on any atom is 0.573 e. The van der Waals surface area contributed by atoms with Crippen molar-refractivity contribution in [3.8, 4) is 23.4 Å². The van der Waals surface area contributed by atoms with Gasteiger partial charge in [0.2, 0.25) is 5.88 Å². The number of hydrogen-bond donors (Lipinski definition) is 0. The Labute approximate surface area is 174 Å². The van der Waals surface area contributed by atoms with Crippen LogP contribution in [0.5, 0.6) is 11.6 Å². The molecule has 0 aliphatic rings. The van der Waals surface area contributed by atoms with Gasteiger partial charge >= 0.3 is 11.9 Å². The lowest BCUT2D eigenvalue weighted by Gasteiger charge is -2.15. The van der Waals surface area contributed by atoms with E-state index in [1.807, 2.05) is 0 Å². The molecule has 16 heteroatoms. The molecule has 0 N–H and O–H groups in total. The molecule has 0 atom stereocenters. The maximum absolute atomic E-state index is 13.1. The number of hydrogen-bond acceptors (Lipinski definition) is 6. The lowest BCUT2D eigenvalue weighted by Crippen LogP contribution is -2.24. The van der Waals surface area contributed by atoms with Gasteiger partial charge in [-0.05, 0) is 6.92 Å². The minimum atomic E-state index is -6.11. The first-order valence-electron chi connectivity index (χ1n) is 7.36. The van der Waals surface area contributed by atoms with E-state index in [4.69, 9.17) is 33.2 Å². The van der Waals surface area contributed by atoms with Gasteiger partial charge in [0.15, 0.2) is 10.6 Å². The molecule has 0 aliphatic heterocycles. The first-order valence-corrected chi connectivity index (χ1v) is 9.60. The average Bonchev–Trinajstić information content (AvgIpc) is 2.91. The second-order valence-electron chi connectivity index (χ2n) is 5.17. The van der Waals surface area contributed by atoms with Crippen LogP contribution >= 0.6 is 23.2 Å². The third-order valence-corrected chi connectivity index (χ3v) is 5.29. The molecular formula is C14H7Cl2F6N3O4S. The van der Waals surface area contributed by atoms with Gasteiger partial charge in [-0.25, -0.2) is 8.42 Å². The number of halogens is 8. The van der Waals surface area contributed by atoms with Gasteiger partial charge in [-0.15, -0.1) is 13.2 Å². The van der Waals surface area contributed by atoms with Crippen molar-refractivity contribution in [3.63, 3.8) is 0 Å². The molecule has 30 heavy (non-hydrogen) atoms. The summed E-state index contributed by atoms with van der Waals surface area (Å²) < 4.78 is 109. The molecule has 0 saturated carbocycles. The third kappa shape index (κ3) is 4.52. The molecule has 1 aromatic carbocycles. The Bertz CT molecular complexity index is 1100. The van der Waals surface area contributed by atoms with Crippen LogP contribution in [0.25, 0.3) is 5.69 Å². The zero-order valence-electron chi connectivity index (χ0n) is 14.3. The SMILES string of the molecule is CCOc1c(S(=O)(=O)C(F)(F)F)c(C#N)nn1-c1c(Cl)cc(OC(F)(F)F)cc1Cl. The zero-order chi connectivity index (χ0) is 23.1. The third-order valence-electron chi connectivity index (χ3n) is 3.20. The van der Waals surface area contributed by atoms with Crippen molar-refractivity contribution in [2.24, 2.45) is 0 Å². The molecule has 1 heterocycles. The first-order chi connectivity index (χ1) is 13.6. The van der Waals surface area contributed by atoms with Gasteiger partial charge in [-0.1, -0.05) is 23.2 Å². The van der Waals surface area contributed by atoms with Crippen molar-refractivity contribution in [1.29, 1.82) is 5.26 Å². The van der Waals surface area contributed by atoms with E-state index in [-0.39, 0.29) is 6.61 Å². The highest BCUT2D eigenvalue weighted by Gasteiger charge is 2.52. The maximum atomic E-state index is 13.1. The van der Waals surface area contributed by atoms with Crippen molar-refractivity contribution >= 4 is 33.0 Å². The molecule has 0 saturated heterocycles. The second kappa shape index (κ2) is 8.05. The van der Waals surface area contributed by atoms with Gasteiger partial charge in [0.05, 0.1) is 16.7 Å². The number of rotatable bonds is 5. The van der Waals surface area contributed by atoms with Gasteiger partial charge < -0.3 is 9.47 Å². The smallest absolute Gasteiger partial charge is 0.477 e. The summed E-state index contributed by atoms with van der Waals surface area (Å²) in [4.78, 5) is -1.60. The Morgan fingerprint density at radius 3 is 2.10 bits per heavy atom. The molecule has 0 unspecified atom stereocenters. The van der Waals surface area contributed by atoms with Crippen LogP contribution < -0.4 is 9.47 Å². The minimum Gasteiger partial charge on any atom is -0.477 e. The summed E-state index contributed by atoms with van der Waals surface area (Å²) in [5.74, 6) is -1.92. The monoisotopic (exact) mass is 497 g/mol. The fourth-order valence-electron chi connectivity index (χ4n) is 2.17. The van der Waals surface area contributed by atoms with Crippen LogP contribution in [0.3, 0.4) is 0 Å². The van der Waals surface area contributed by atoms with Gasteiger partial charge in [0, 0.05) is 12.1 Å². The normalized spacial score (nSPS) is 12.5. The van der Waals surface area contributed by atoms with Gasteiger partial charge in [-0.3, -0.25) is 0 Å². The van der Waals surface area contributed by atoms with Crippen molar-refractivity contribution in [2.75, 3.05) is 6.61 Å². The largest absolute Gasteiger partial charge is 0.573 e. The number of ether oxygens (including phenoxy) is 2. The second-order valence-corrected chi connectivity index (χ2v) is 7.86. The molecule has 0 radical (unpaired) electrons. The molecule has 0 aliphatic carbocycles. The fraction of sp³-hybridized carbons (Fsp3) is 0.286. The summed E-state index contributed by atoms with van der Waals surface area (Å²) in [7, 11) is -6.11. The molecule has 0 bridgehead atoms. The number of sulfone groups is 1. The van der Waals surface area contributed by atoms with E-state index >= 15 is 0 Å². The standard InChI is InChI=1S/C14H7Cl2F6N3O4S/c1-2-28-12-11(30(26,27)14(20,21)22)9(5-23)24-25(12)10-7(15)3-6(4-8(10)16)29-13(17,18)19/h3-4H,2H2,1H3. The van der Waals surface area contributed by atoms with E-state index in [2.05, 4.69) is 9.84 Å². The predicted octanol–water partition coefficient (Wildman–Crippen LogP) is 4.64. The van der Waals surface area contributed by atoms with Crippen LogP contribution in [0.4, 0.5) is 26.3 Å². The first kappa shape index (κ1) is 23.9. The predicted molar refractivity (Wildman–Crippen MR) is 89.4 cm³/mol. The van der Waals surface area contributed by atoms with Gasteiger partial charge in [0.25, 0.3) is 9.84 Å². The van der Waals surface area contributed by atoms with Crippen LogP contribution in [0.2, 0.25) is 10.0 Å². The topological polar surface area (TPSA) is 94.2 Å². The molecule has 0 spiro atoms. The zero-order valence-corrected chi connectivity index (χ0v) is 16.6. The summed E-state index contributed by atoms with van der Waals surface area (Å²) in [5, 5.41) is 11.3. The summed E-state index contributed by atoms with van der Waals surface area (Å²) in [5.41, 5.74) is -7.55. The number of nitriles is 1. The Morgan fingerprint density at radius 2 is 1.70 bits per heavy atom. The summed E-state index contributed by atoms with van der Waals surface area (Å²) in [6, 6.07) is 2.41. The van der Waals surface area contributed by atoms with Crippen molar-refractivity contribution < 1.29 is 44.2 Å². The van der Waals surface area contributed by atoms with E-state index < -0.39 is 59.7 Å². The van der Waals surface area contributed by atoms with Crippen molar-refractivity contribution in [3.05, 3.63) is 27.9 Å². The Hall–Kier alpha value is -2.37. The van der Waals surface area contributed by atoms with Gasteiger partial charge in [-0.2, -0.15) is 28.2 Å². The molecule has 2 rings (SSSR count). The Morgan fingerprint density at radius 1 is 1.17 bits per heavy atom. The summed E-state index contributed by atoms with van der Waals surface area (Å²) in [6.07, 6.45) is -5.10. The number of benzene rings is 1. The van der Waals surface area contributed by atoms with E-state index in [0.717, 1.165) is 0 Å². The highest BCUT2D eigenvalue weighted by molar-refractivity contribution is 7.92. The number of nitrogens with zero attached hydrogens (tertiary/aromatic N) is 3. The van der Waals surface area contributed by atoms with Crippen LogP contribution in [-0.2, 0) is 9.84 Å². The summed E-state index contributed by atoms with van der Waals surface area (Å²) >= 11 is 11.8. The quantitative estimate of drug-likeness (QED) is 0.558. The number of aromatic nitrogens is 2. The highest BCUT2D eigenvalue weighted by atomic mass is 35.5. The lowest BCUT2D eigenvalue weighted by molar-refractivity contribution is -0.274. The van der Waals surface area contributed by atoms with Crippen molar-refractivity contribution in [1.82, 2.24) is 9.78 Å². The minimum absolute atomic E-state index is 0.374. The van der Waals surface area contributed by atoms with E-state index in [1.54, 1.807) is 0 Å². The Kier molecular flexibility index (Phi) is 6.41. The van der Waals surface area contributed by atoms with Crippen LogP contribution in [-0.4, -0.2) is 36.7 Å². The van der Waals surface area contributed by atoms with E-state index in [9.17, 15) is 34.8 Å². The number of alkyl halides is 6. The van der Waals surface area contributed by atoms with Crippen molar-refractivity contribution in [2.45, 2.75) is 23.7 Å². The molecule has 2 aromatic rings. The van der Waals surface area contributed by atoms with E-state index in [1.165, 1.54) is 13.0 Å². The van der Waals surface area contributed by atoms with Gasteiger partial charge in [0.1, 0.15) is 17.5 Å². The molecule has 7 nitrogen and oxygen atoms in total. The van der Waals surface area contributed by atoms with E-state index in [0.29, 0.717) is 16.8 Å². The molecule has 1 aromatic heterocycles. The molecular weight excluding hydrogens is 491 g/mol. The average molecular weight is 498 g/mol.